The normalized spacial score (nSPS) is 11.0. The molecule has 0 heterocycles. The number of hydrogen-bond acceptors (Lipinski definition) is 3. The lowest BCUT2D eigenvalue weighted by Gasteiger charge is -2.10. The molecule has 0 aliphatic heterocycles. The summed E-state index contributed by atoms with van der Waals surface area (Å²) in [5, 5.41) is 2.64. The SMILES string of the molecule is Cc1cc(C(=O)Nc2ccc(F)cc2)ccc1NS(C)(=O)=O. The van der Waals surface area contributed by atoms with Gasteiger partial charge in [0.25, 0.3) is 5.91 Å². The quantitative estimate of drug-likeness (QED) is 0.909. The van der Waals surface area contributed by atoms with E-state index in [0.29, 0.717) is 22.5 Å². The van der Waals surface area contributed by atoms with Crippen molar-refractivity contribution in [1.82, 2.24) is 0 Å². The van der Waals surface area contributed by atoms with E-state index in [4.69, 9.17) is 0 Å². The fourth-order valence-electron chi connectivity index (χ4n) is 1.86. The highest BCUT2D eigenvalue weighted by atomic mass is 32.2. The van der Waals surface area contributed by atoms with E-state index >= 15 is 0 Å². The summed E-state index contributed by atoms with van der Waals surface area (Å²) < 4.78 is 37.6. The van der Waals surface area contributed by atoms with Crippen molar-refractivity contribution < 1.29 is 17.6 Å². The zero-order valence-corrected chi connectivity index (χ0v) is 12.9. The van der Waals surface area contributed by atoms with Crippen molar-refractivity contribution in [3.63, 3.8) is 0 Å². The molecule has 0 radical (unpaired) electrons. The van der Waals surface area contributed by atoms with E-state index in [-0.39, 0.29) is 11.7 Å². The molecule has 0 aromatic heterocycles. The number of carbonyl (C=O) groups is 1. The van der Waals surface area contributed by atoms with Gasteiger partial charge in [-0.05, 0) is 55.0 Å². The summed E-state index contributed by atoms with van der Waals surface area (Å²) in [5.41, 5.74) is 1.89. The number of benzene rings is 2. The van der Waals surface area contributed by atoms with Crippen molar-refractivity contribution in [2.24, 2.45) is 0 Å². The van der Waals surface area contributed by atoms with Crippen LogP contribution in [0.5, 0.6) is 0 Å². The Kier molecular flexibility index (Phi) is 4.46. The van der Waals surface area contributed by atoms with Crippen LogP contribution in [0.15, 0.2) is 42.5 Å². The van der Waals surface area contributed by atoms with E-state index in [2.05, 4.69) is 10.0 Å². The van der Waals surface area contributed by atoms with Crippen LogP contribution in [0.3, 0.4) is 0 Å². The van der Waals surface area contributed by atoms with Crippen molar-refractivity contribution in [2.75, 3.05) is 16.3 Å². The molecule has 0 saturated heterocycles. The molecule has 22 heavy (non-hydrogen) atoms. The van der Waals surface area contributed by atoms with Gasteiger partial charge in [-0.1, -0.05) is 0 Å². The second kappa shape index (κ2) is 6.15. The minimum absolute atomic E-state index is 0.361. The van der Waals surface area contributed by atoms with Crippen LogP contribution in [0, 0.1) is 12.7 Å². The number of carbonyl (C=O) groups excluding carboxylic acids is 1. The molecule has 5 nitrogen and oxygen atoms in total. The Labute approximate surface area is 128 Å². The smallest absolute Gasteiger partial charge is 0.255 e. The number of aryl methyl sites for hydroxylation is 1. The first-order valence-electron chi connectivity index (χ1n) is 6.40. The Balaban J connectivity index is 2.17. The van der Waals surface area contributed by atoms with Crippen molar-refractivity contribution in [3.05, 3.63) is 59.4 Å². The minimum Gasteiger partial charge on any atom is -0.322 e. The molecule has 0 unspecified atom stereocenters. The van der Waals surface area contributed by atoms with Crippen molar-refractivity contribution in [2.45, 2.75) is 6.92 Å². The van der Waals surface area contributed by atoms with Crippen LogP contribution in [0.2, 0.25) is 0 Å². The lowest BCUT2D eigenvalue weighted by atomic mass is 10.1. The minimum atomic E-state index is -3.37. The first-order valence-corrected chi connectivity index (χ1v) is 8.29. The number of halogens is 1. The van der Waals surface area contributed by atoms with Gasteiger partial charge in [0.1, 0.15) is 5.82 Å². The average Bonchev–Trinajstić information content (AvgIpc) is 2.42. The lowest BCUT2D eigenvalue weighted by molar-refractivity contribution is 0.102. The van der Waals surface area contributed by atoms with Crippen LogP contribution in [0.25, 0.3) is 0 Å². The number of sulfonamides is 1. The van der Waals surface area contributed by atoms with Gasteiger partial charge in [0.15, 0.2) is 0 Å². The van der Waals surface area contributed by atoms with Crippen molar-refractivity contribution >= 4 is 27.3 Å². The third kappa shape index (κ3) is 4.29. The molecule has 116 valence electrons. The van der Waals surface area contributed by atoms with E-state index in [0.717, 1.165) is 6.26 Å². The molecule has 0 spiro atoms. The number of amides is 1. The molecule has 1 amide bonds. The molecule has 2 aromatic rings. The average molecular weight is 322 g/mol. The maximum atomic E-state index is 12.8. The van der Waals surface area contributed by atoms with Crippen LogP contribution >= 0.6 is 0 Å². The molecule has 0 aliphatic carbocycles. The molecule has 2 rings (SSSR count). The highest BCUT2D eigenvalue weighted by molar-refractivity contribution is 7.92. The zero-order chi connectivity index (χ0) is 16.3. The molecular formula is C15H15FN2O3S. The molecule has 2 aromatic carbocycles. The maximum absolute atomic E-state index is 12.8. The van der Waals surface area contributed by atoms with Gasteiger partial charge in [0, 0.05) is 11.3 Å². The van der Waals surface area contributed by atoms with Crippen LogP contribution < -0.4 is 10.0 Å². The predicted octanol–water partition coefficient (Wildman–Crippen LogP) is 2.76. The van der Waals surface area contributed by atoms with Crippen LogP contribution in [-0.4, -0.2) is 20.6 Å². The molecule has 0 bridgehead atoms. The van der Waals surface area contributed by atoms with Crippen molar-refractivity contribution in [1.29, 1.82) is 0 Å². The van der Waals surface area contributed by atoms with Gasteiger partial charge in [0.2, 0.25) is 10.0 Å². The van der Waals surface area contributed by atoms with Gasteiger partial charge in [0.05, 0.1) is 11.9 Å². The topological polar surface area (TPSA) is 75.3 Å². The van der Waals surface area contributed by atoms with Crippen LogP contribution in [0.1, 0.15) is 15.9 Å². The van der Waals surface area contributed by atoms with Gasteiger partial charge in [-0.15, -0.1) is 0 Å². The molecular weight excluding hydrogens is 307 g/mol. The van der Waals surface area contributed by atoms with Gasteiger partial charge in [-0.3, -0.25) is 9.52 Å². The zero-order valence-electron chi connectivity index (χ0n) is 12.1. The Morgan fingerprint density at radius 3 is 2.27 bits per heavy atom. The molecule has 0 saturated carbocycles. The van der Waals surface area contributed by atoms with Crippen LogP contribution in [0.4, 0.5) is 15.8 Å². The standard InChI is InChI=1S/C15H15FN2O3S/c1-10-9-11(3-8-14(10)18-22(2,20)21)15(19)17-13-6-4-12(16)5-7-13/h3-9,18H,1-2H3,(H,17,19). The van der Waals surface area contributed by atoms with E-state index in [1.54, 1.807) is 13.0 Å². The predicted molar refractivity (Wildman–Crippen MR) is 84.0 cm³/mol. The monoisotopic (exact) mass is 322 g/mol. The van der Waals surface area contributed by atoms with E-state index in [9.17, 15) is 17.6 Å². The fraction of sp³-hybridized carbons (Fsp3) is 0.133. The van der Waals surface area contributed by atoms with Crippen LogP contribution in [-0.2, 0) is 10.0 Å². The van der Waals surface area contributed by atoms with E-state index in [1.165, 1.54) is 36.4 Å². The summed E-state index contributed by atoms with van der Waals surface area (Å²) in [6, 6.07) is 10.0. The second-order valence-electron chi connectivity index (χ2n) is 4.86. The fourth-order valence-corrected chi connectivity index (χ4v) is 2.48. The molecule has 0 atom stereocenters. The van der Waals surface area contributed by atoms with Gasteiger partial charge in [-0.2, -0.15) is 0 Å². The van der Waals surface area contributed by atoms with Crippen molar-refractivity contribution in [3.8, 4) is 0 Å². The van der Waals surface area contributed by atoms with Gasteiger partial charge >= 0.3 is 0 Å². The third-order valence-electron chi connectivity index (χ3n) is 2.89. The first kappa shape index (κ1) is 16.0. The number of anilines is 2. The molecule has 2 N–H and O–H groups in total. The largest absolute Gasteiger partial charge is 0.322 e. The first-order chi connectivity index (χ1) is 10.2. The van der Waals surface area contributed by atoms with Gasteiger partial charge in [-0.25, -0.2) is 12.8 Å². The third-order valence-corrected chi connectivity index (χ3v) is 3.48. The Hall–Kier alpha value is -2.41. The Morgan fingerprint density at radius 2 is 1.73 bits per heavy atom. The number of hydrogen-bond donors (Lipinski definition) is 2. The highest BCUT2D eigenvalue weighted by Crippen LogP contribution is 2.19. The summed E-state index contributed by atoms with van der Waals surface area (Å²) in [6.07, 6.45) is 1.06. The molecule has 0 fully saturated rings. The van der Waals surface area contributed by atoms with Gasteiger partial charge < -0.3 is 5.32 Å². The second-order valence-corrected chi connectivity index (χ2v) is 6.61. The van der Waals surface area contributed by atoms with E-state index in [1.807, 2.05) is 0 Å². The summed E-state index contributed by atoms with van der Waals surface area (Å²) in [5.74, 6) is -0.745. The summed E-state index contributed by atoms with van der Waals surface area (Å²) >= 11 is 0. The number of nitrogens with one attached hydrogen (secondary N) is 2. The maximum Gasteiger partial charge on any atom is 0.255 e. The Bertz CT molecular complexity index is 802. The summed E-state index contributed by atoms with van der Waals surface area (Å²) in [7, 11) is -3.37. The molecule has 0 aliphatic rings. The number of rotatable bonds is 4. The molecule has 7 heteroatoms. The lowest BCUT2D eigenvalue weighted by Crippen LogP contribution is -2.14. The van der Waals surface area contributed by atoms with E-state index < -0.39 is 10.0 Å². The Morgan fingerprint density at radius 1 is 1.09 bits per heavy atom. The summed E-state index contributed by atoms with van der Waals surface area (Å²) in [6.45, 7) is 1.70. The highest BCUT2D eigenvalue weighted by Gasteiger charge is 2.10. The summed E-state index contributed by atoms with van der Waals surface area (Å²) in [4.78, 5) is 12.1.